The van der Waals surface area contributed by atoms with Crippen molar-refractivity contribution < 1.29 is 9.13 Å². The smallest absolute Gasteiger partial charge is 0.180 e. The van der Waals surface area contributed by atoms with E-state index < -0.39 is 5.82 Å². The predicted octanol–water partition coefficient (Wildman–Crippen LogP) is 3.39. The van der Waals surface area contributed by atoms with E-state index in [1.165, 1.54) is 13.2 Å². The average molecular weight is 283 g/mol. The number of rotatable bonds is 3. The Morgan fingerprint density at radius 3 is 2.81 bits per heavy atom. The minimum atomic E-state index is -0.412. The van der Waals surface area contributed by atoms with Gasteiger partial charge in [0.2, 0.25) is 0 Å². The van der Waals surface area contributed by atoms with Crippen molar-refractivity contribution in [2.75, 3.05) is 7.11 Å². The van der Waals surface area contributed by atoms with Crippen molar-refractivity contribution in [2.24, 2.45) is 0 Å². The van der Waals surface area contributed by atoms with Crippen LogP contribution in [0, 0.1) is 12.7 Å². The molecule has 3 rings (SSSR count). The summed E-state index contributed by atoms with van der Waals surface area (Å²) in [5.41, 5.74) is 3.59. The molecule has 0 fully saturated rings. The molecule has 106 valence electrons. The molecule has 0 atom stereocenters. The zero-order chi connectivity index (χ0) is 14.8. The lowest BCUT2D eigenvalue weighted by atomic mass is 10.1. The normalized spacial score (nSPS) is 10.6. The van der Waals surface area contributed by atoms with E-state index in [1.54, 1.807) is 35.4 Å². The van der Waals surface area contributed by atoms with Gasteiger partial charge in [0.25, 0.3) is 0 Å². The van der Waals surface area contributed by atoms with Crippen molar-refractivity contribution >= 4 is 0 Å². The Hall–Kier alpha value is -2.69. The van der Waals surface area contributed by atoms with Crippen LogP contribution in [0.5, 0.6) is 5.75 Å². The van der Waals surface area contributed by atoms with Gasteiger partial charge in [-0.1, -0.05) is 6.07 Å². The summed E-state index contributed by atoms with van der Waals surface area (Å²) in [7, 11) is 1.44. The van der Waals surface area contributed by atoms with Crippen molar-refractivity contribution in [3.8, 4) is 22.6 Å². The van der Waals surface area contributed by atoms with Crippen LogP contribution >= 0.6 is 0 Å². The number of hydrogen-bond donors (Lipinski definition) is 0. The highest BCUT2D eigenvalue weighted by Gasteiger charge is 2.12. The second kappa shape index (κ2) is 5.36. The Balaban J connectivity index is 2.08. The third-order valence-corrected chi connectivity index (χ3v) is 3.33. The Morgan fingerprint density at radius 1 is 1.19 bits per heavy atom. The van der Waals surface area contributed by atoms with Crippen molar-refractivity contribution in [3.63, 3.8) is 0 Å². The first-order valence-corrected chi connectivity index (χ1v) is 6.49. The third kappa shape index (κ3) is 2.38. The first-order chi connectivity index (χ1) is 10.2. The summed E-state index contributed by atoms with van der Waals surface area (Å²) in [5.74, 6) is -0.236. The predicted molar refractivity (Wildman–Crippen MR) is 78.0 cm³/mol. The molecular weight excluding hydrogens is 269 g/mol. The molecule has 0 aliphatic heterocycles. The van der Waals surface area contributed by atoms with Gasteiger partial charge in [-0.25, -0.2) is 9.07 Å². The highest BCUT2D eigenvalue weighted by Crippen LogP contribution is 2.28. The van der Waals surface area contributed by atoms with Gasteiger partial charge in [0.05, 0.1) is 13.3 Å². The van der Waals surface area contributed by atoms with Crippen LogP contribution in [0.3, 0.4) is 0 Å². The van der Waals surface area contributed by atoms with Gasteiger partial charge in [-0.3, -0.25) is 4.98 Å². The Kier molecular flexibility index (Phi) is 3.39. The molecule has 2 heterocycles. The minimum Gasteiger partial charge on any atom is -0.492 e. The molecule has 2 aromatic heterocycles. The number of methoxy groups -OCH3 is 1. The molecule has 0 aliphatic carbocycles. The Bertz CT molecular complexity index is 783. The number of nitrogens with zero attached hydrogens (tertiary/aromatic N) is 3. The fourth-order valence-electron chi connectivity index (χ4n) is 2.24. The lowest BCUT2D eigenvalue weighted by molar-refractivity contribution is 0.383. The molecule has 0 saturated carbocycles. The summed E-state index contributed by atoms with van der Waals surface area (Å²) >= 11 is 0. The van der Waals surface area contributed by atoms with Gasteiger partial charge < -0.3 is 4.74 Å². The number of ether oxygens (including phenoxy) is 1. The molecule has 1 aromatic carbocycles. The fourth-order valence-corrected chi connectivity index (χ4v) is 2.24. The molecule has 3 aromatic rings. The van der Waals surface area contributed by atoms with Crippen molar-refractivity contribution in [2.45, 2.75) is 6.92 Å². The van der Waals surface area contributed by atoms with Gasteiger partial charge in [0.15, 0.2) is 11.6 Å². The van der Waals surface area contributed by atoms with Crippen LogP contribution in [0.15, 0.2) is 49.1 Å². The van der Waals surface area contributed by atoms with E-state index in [4.69, 9.17) is 4.74 Å². The number of pyridine rings is 1. The molecule has 0 N–H and O–H groups in total. The summed E-state index contributed by atoms with van der Waals surface area (Å²) in [6.07, 6.45) is 7.11. The van der Waals surface area contributed by atoms with Crippen LogP contribution in [0.4, 0.5) is 4.39 Å². The fraction of sp³-hybridized carbons (Fsp3) is 0.125. The molecule has 0 bridgehead atoms. The Labute approximate surface area is 121 Å². The highest BCUT2D eigenvalue weighted by molar-refractivity contribution is 5.65. The van der Waals surface area contributed by atoms with Gasteiger partial charge in [-0.2, -0.15) is 5.10 Å². The SMILES string of the molecule is COc1c(F)cccc1-n1cc(-c2cnccc2C)cn1. The highest BCUT2D eigenvalue weighted by atomic mass is 19.1. The Morgan fingerprint density at radius 2 is 2.05 bits per heavy atom. The maximum Gasteiger partial charge on any atom is 0.180 e. The van der Waals surface area contributed by atoms with Crippen LogP contribution in [-0.2, 0) is 0 Å². The van der Waals surface area contributed by atoms with Crippen LogP contribution in [0.2, 0.25) is 0 Å². The quantitative estimate of drug-likeness (QED) is 0.739. The maximum absolute atomic E-state index is 13.8. The topological polar surface area (TPSA) is 39.9 Å². The van der Waals surface area contributed by atoms with Crippen molar-refractivity contribution in [1.82, 2.24) is 14.8 Å². The van der Waals surface area contributed by atoms with E-state index in [2.05, 4.69) is 10.1 Å². The van der Waals surface area contributed by atoms with E-state index in [9.17, 15) is 4.39 Å². The zero-order valence-electron chi connectivity index (χ0n) is 11.7. The summed E-state index contributed by atoms with van der Waals surface area (Å²) in [4.78, 5) is 4.13. The van der Waals surface area contributed by atoms with Gasteiger partial charge >= 0.3 is 0 Å². The van der Waals surface area contributed by atoms with Crippen LogP contribution in [0.1, 0.15) is 5.56 Å². The van der Waals surface area contributed by atoms with Crippen LogP contribution in [-0.4, -0.2) is 21.9 Å². The van der Waals surface area contributed by atoms with Crippen molar-refractivity contribution in [3.05, 3.63) is 60.4 Å². The summed E-state index contributed by atoms with van der Waals surface area (Å²) in [6.45, 7) is 2.01. The first kappa shape index (κ1) is 13.3. The molecule has 0 saturated heterocycles. The number of aromatic nitrogens is 3. The summed E-state index contributed by atoms with van der Waals surface area (Å²) < 4.78 is 20.5. The molecule has 21 heavy (non-hydrogen) atoms. The largest absolute Gasteiger partial charge is 0.492 e. The summed E-state index contributed by atoms with van der Waals surface area (Å²) in [6, 6.07) is 6.69. The zero-order valence-corrected chi connectivity index (χ0v) is 11.7. The lowest BCUT2D eigenvalue weighted by Crippen LogP contribution is -2.00. The van der Waals surface area contributed by atoms with Crippen LogP contribution in [0.25, 0.3) is 16.8 Å². The molecule has 0 radical (unpaired) electrons. The van der Waals surface area contributed by atoms with E-state index in [0.29, 0.717) is 5.69 Å². The second-order valence-electron chi connectivity index (χ2n) is 4.66. The van der Waals surface area contributed by atoms with E-state index >= 15 is 0 Å². The summed E-state index contributed by atoms with van der Waals surface area (Å²) in [5, 5.41) is 4.30. The third-order valence-electron chi connectivity index (χ3n) is 3.33. The number of para-hydroxylation sites is 1. The molecule has 0 spiro atoms. The molecule has 0 aliphatic rings. The molecule has 5 heteroatoms. The van der Waals surface area contributed by atoms with E-state index in [0.717, 1.165) is 16.7 Å². The number of aryl methyl sites for hydroxylation is 1. The van der Waals surface area contributed by atoms with Gasteiger partial charge in [-0.15, -0.1) is 0 Å². The van der Waals surface area contributed by atoms with Crippen LogP contribution < -0.4 is 4.74 Å². The van der Waals surface area contributed by atoms with E-state index in [1.807, 2.05) is 19.2 Å². The minimum absolute atomic E-state index is 0.176. The number of benzene rings is 1. The maximum atomic E-state index is 13.8. The number of hydrogen-bond acceptors (Lipinski definition) is 3. The second-order valence-corrected chi connectivity index (χ2v) is 4.66. The monoisotopic (exact) mass is 283 g/mol. The molecule has 4 nitrogen and oxygen atoms in total. The van der Waals surface area contributed by atoms with E-state index in [-0.39, 0.29) is 5.75 Å². The standard InChI is InChI=1S/C16H14FN3O/c1-11-6-7-18-9-13(11)12-8-19-20(10-12)15-5-3-4-14(17)16(15)21-2/h3-10H,1-2H3. The average Bonchev–Trinajstić information content (AvgIpc) is 2.97. The van der Waals surface area contributed by atoms with Gasteiger partial charge in [0, 0.05) is 29.7 Å². The molecule has 0 unspecified atom stereocenters. The first-order valence-electron chi connectivity index (χ1n) is 6.49. The van der Waals surface area contributed by atoms with Crippen molar-refractivity contribution in [1.29, 1.82) is 0 Å². The van der Waals surface area contributed by atoms with Gasteiger partial charge in [0.1, 0.15) is 5.69 Å². The molecular formula is C16H14FN3O. The molecule has 0 amide bonds. The lowest BCUT2D eigenvalue weighted by Gasteiger charge is -2.08. The van der Waals surface area contributed by atoms with Gasteiger partial charge in [-0.05, 0) is 30.7 Å². The number of halogens is 1.